The van der Waals surface area contributed by atoms with Crippen LogP contribution in [0.15, 0.2) is 24.3 Å². The Morgan fingerprint density at radius 2 is 2.00 bits per heavy atom. The van der Waals surface area contributed by atoms with E-state index in [9.17, 15) is 5.11 Å². The summed E-state index contributed by atoms with van der Waals surface area (Å²) in [5, 5.41) is 9.79. The van der Waals surface area contributed by atoms with Gasteiger partial charge in [-0.3, -0.25) is 0 Å². The van der Waals surface area contributed by atoms with Crippen molar-refractivity contribution in [1.82, 2.24) is 0 Å². The highest BCUT2D eigenvalue weighted by atomic mass is 127. The molecule has 1 aromatic rings. The first-order chi connectivity index (χ1) is 7.22. The summed E-state index contributed by atoms with van der Waals surface area (Å²) in [5.41, 5.74) is 1.23. The van der Waals surface area contributed by atoms with Crippen molar-refractivity contribution in [2.24, 2.45) is 0 Å². The number of aliphatic hydroxyl groups is 1. The molecule has 0 fully saturated rings. The number of hydrogen-bond acceptors (Lipinski definition) is 2. The number of aliphatic hydroxyl groups excluding tert-OH is 1. The van der Waals surface area contributed by atoms with E-state index >= 15 is 0 Å². The van der Waals surface area contributed by atoms with Gasteiger partial charge in [0.25, 0.3) is 0 Å². The second kappa shape index (κ2) is 7.52. The molecule has 1 atom stereocenters. The molecule has 1 aromatic carbocycles. The van der Waals surface area contributed by atoms with Gasteiger partial charge in [-0.05, 0) is 71.6 Å². The van der Waals surface area contributed by atoms with Crippen LogP contribution in [0.4, 0.5) is 0 Å². The third kappa shape index (κ3) is 5.78. The van der Waals surface area contributed by atoms with Crippen molar-refractivity contribution in [2.45, 2.75) is 25.4 Å². The number of halogens is 1. The van der Waals surface area contributed by atoms with Crippen molar-refractivity contribution in [3.8, 4) is 0 Å². The van der Waals surface area contributed by atoms with Crippen molar-refractivity contribution >= 4 is 34.4 Å². The molecule has 3 heteroatoms. The van der Waals surface area contributed by atoms with Gasteiger partial charge in [-0.15, -0.1) is 0 Å². The average Bonchev–Trinajstić information content (AvgIpc) is 2.22. The van der Waals surface area contributed by atoms with Crippen LogP contribution in [0.3, 0.4) is 0 Å². The molecular weight excluding hydrogens is 319 g/mol. The van der Waals surface area contributed by atoms with E-state index in [-0.39, 0.29) is 6.10 Å². The Labute approximate surface area is 110 Å². The molecule has 0 saturated carbocycles. The zero-order valence-electron chi connectivity index (χ0n) is 8.95. The Balaban J connectivity index is 2.31. The summed E-state index contributed by atoms with van der Waals surface area (Å²) in [5.74, 6) is 1.14. The van der Waals surface area contributed by atoms with Crippen LogP contribution in [0.1, 0.15) is 18.4 Å². The Hall–Kier alpha value is 0.260. The van der Waals surface area contributed by atoms with Crippen molar-refractivity contribution < 1.29 is 5.11 Å². The van der Waals surface area contributed by atoms with E-state index in [1.165, 1.54) is 9.13 Å². The van der Waals surface area contributed by atoms with Crippen LogP contribution in [-0.2, 0) is 6.42 Å². The predicted molar refractivity (Wildman–Crippen MR) is 76.5 cm³/mol. The molecule has 1 unspecified atom stereocenters. The summed E-state index contributed by atoms with van der Waals surface area (Å²) >= 11 is 4.13. The lowest BCUT2D eigenvalue weighted by molar-refractivity contribution is 0.164. The van der Waals surface area contributed by atoms with Gasteiger partial charge in [0, 0.05) is 3.57 Å². The van der Waals surface area contributed by atoms with Crippen LogP contribution in [0.5, 0.6) is 0 Å². The summed E-state index contributed by atoms with van der Waals surface area (Å²) < 4.78 is 1.24. The van der Waals surface area contributed by atoms with Crippen molar-refractivity contribution in [1.29, 1.82) is 0 Å². The van der Waals surface area contributed by atoms with Crippen LogP contribution >= 0.6 is 34.4 Å². The molecule has 1 nitrogen and oxygen atoms in total. The fourth-order valence-electron chi connectivity index (χ4n) is 1.46. The molecule has 0 radical (unpaired) electrons. The van der Waals surface area contributed by atoms with Gasteiger partial charge in [-0.1, -0.05) is 12.1 Å². The van der Waals surface area contributed by atoms with E-state index in [2.05, 4.69) is 53.1 Å². The van der Waals surface area contributed by atoms with Crippen LogP contribution in [-0.4, -0.2) is 23.2 Å². The van der Waals surface area contributed by atoms with Gasteiger partial charge < -0.3 is 5.11 Å². The standard InChI is InChI=1S/C12H17IOS/c1-15-8-2-3-12(14)9-10-4-6-11(13)7-5-10/h4-7,12,14H,2-3,8-9H2,1H3. The fraction of sp³-hybridized carbons (Fsp3) is 0.500. The SMILES string of the molecule is CSCCCC(O)Cc1ccc(I)cc1. The van der Waals surface area contributed by atoms with Crippen LogP contribution < -0.4 is 0 Å². The first-order valence-electron chi connectivity index (χ1n) is 5.14. The molecule has 1 N–H and O–H groups in total. The fourth-order valence-corrected chi connectivity index (χ4v) is 2.27. The van der Waals surface area contributed by atoms with Gasteiger partial charge in [0.15, 0.2) is 0 Å². The molecule has 0 spiro atoms. The monoisotopic (exact) mass is 336 g/mol. The Bertz CT molecular complexity index is 273. The molecule has 0 aromatic heterocycles. The van der Waals surface area contributed by atoms with Crippen LogP contribution in [0.2, 0.25) is 0 Å². The molecule has 15 heavy (non-hydrogen) atoms. The highest BCUT2D eigenvalue weighted by Gasteiger charge is 2.04. The highest BCUT2D eigenvalue weighted by molar-refractivity contribution is 14.1. The molecule has 0 heterocycles. The maximum Gasteiger partial charge on any atom is 0.0580 e. The van der Waals surface area contributed by atoms with Crippen molar-refractivity contribution in [3.63, 3.8) is 0 Å². The first kappa shape index (κ1) is 13.3. The van der Waals surface area contributed by atoms with E-state index in [1.54, 1.807) is 0 Å². The average molecular weight is 336 g/mol. The first-order valence-corrected chi connectivity index (χ1v) is 7.61. The maximum atomic E-state index is 9.79. The topological polar surface area (TPSA) is 20.2 Å². The molecule has 0 bridgehead atoms. The molecule has 1 rings (SSSR count). The second-order valence-electron chi connectivity index (χ2n) is 3.62. The molecule has 0 aliphatic heterocycles. The van der Waals surface area contributed by atoms with Gasteiger partial charge in [0.05, 0.1) is 6.10 Å². The Morgan fingerprint density at radius 3 is 2.60 bits per heavy atom. The van der Waals surface area contributed by atoms with Gasteiger partial charge in [-0.2, -0.15) is 11.8 Å². The normalized spacial score (nSPS) is 12.7. The lowest BCUT2D eigenvalue weighted by Crippen LogP contribution is -2.10. The smallest absolute Gasteiger partial charge is 0.0580 e. The zero-order valence-corrected chi connectivity index (χ0v) is 11.9. The minimum Gasteiger partial charge on any atom is -0.393 e. The quantitative estimate of drug-likeness (QED) is 0.635. The van der Waals surface area contributed by atoms with Gasteiger partial charge in [-0.25, -0.2) is 0 Å². The summed E-state index contributed by atoms with van der Waals surface area (Å²) in [7, 11) is 0. The molecule has 0 aliphatic rings. The summed E-state index contributed by atoms with van der Waals surface area (Å²) in [6.07, 6.45) is 4.72. The third-order valence-electron chi connectivity index (χ3n) is 2.27. The minimum atomic E-state index is -0.183. The number of hydrogen-bond donors (Lipinski definition) is 1. The van der Waals surface area contributed by atoms with Crippen LogP contribution in [0.25, 0.3) is 0 Å². The number of benzene rings is 1. The molecular formula is C12H17IOS. The largest absolute Gasteiger partial charge is 0.393 e. The van der Waals surface area contributed by atoms with Crippen molar-refractivity contribution in [3.05, 3.63) is 33.4 Å². The summed E-state index contributed by atoms with van der Waals surface area (Å²) in [6, 6.07) is 8.37. The summed E-state index contributed by atoms with van der Waals surface area (Å²) in [6.45, 7) is 0. The lowest BCUT2D eigenvalue weighted by Gasteiger charge is -2.10. The Kier molecular flexibility index (Phi) is 6.68. The van der Waals surface area contributed by atoms with Crippen molar-refractivity contribution in [2.75, 3.05) is 12.0 Å². The molecule has 84 valence electrons. The lowest BCUT2D eigenvalue weighted by atomic mass is 10.1. The second-order valence-corrected chi connectivity index (χ2v) is 5.85. The van der Waals surface area contributed by atoms with E-state index < -0.39 is 0 Å². The van der Waals surface area contributed by atoms with E-state index in [4.69, 9.17) is 0 Å². The molecule has 0 saturated heterocycles. The van der Waals surface area contributed by atoms with E-state index in [0.717, 1.165) is 25.0 Å². The highest BCUT2D eigenvalue weighted by Crippen LogP contribution is 2.11. The van der Waals surface area contributed by atoms with E-state index in [1.807, 2.05) is 11.8 Å². The van der Waals surface area contributed by atoms with Crippen LogP contribution in [0, 0.1) is 3.57 Å². The van der Waals surface area contributed by atoms with Gasteiger partial charge in [0.1, 0.15) is 0 Å². The molecule has 0 amide bonds. The predicted octanol–water partition coefficient (Wildman–Crippen LogP) is 3.34. The minimum absolute atomic E-state index is 0.183. The molecule has 0 aliphatic carbocycles. The van der Waals surface area contributed by atoms with E-state index in [0.29, 0.717) is 0 Å². The number of thioether (sulfide) groups is 1. The van der Waals surface area contributed by atoms with Gasteiger partial charge in [0.2, 0.25) is 0 Å². The maximum absolute atomic E-state index is 9.79. The third-order valence-corrected chi connectivity index (χ3v) is 3.69. The van der Waals surface area contributed by atoms with Gasteiger partial charge >= 0.3 is 0 Å². The zero-order chi connectivity index (χ0) is 11.1. The number of rotatable bonds is 6. The Morgan fingerprint density at radius 1 is 1.33 bits per heavy atom. The summed E-state index contributed by atoms with van der Waals surface area (Å²) in [4.78, 5) is 0.